The van der Waals surface area contributed by atoms with Crippen LogP contribution >= 0.6 is 0 Å². The molecule has 0 saturated carbocycles. The Morgan fingerprint density at radius 2 is 0.790 bits per heavy atom. The lowest BCUT2D eigenvalue weighted by Crippen LogP contribution is -2.25. The monoisotopic (exact) mass is 785 g/mol. The second kappa shape index (κ2) is 13.5. The summed E-state index contributed by atoms with van der Waals surface area (Å²) in [7, 11) is 0. The highest BCUT2D eigenvalue weighted by Crippen LogP contribution is 2.63. The predicted molar refractivity (Wildman–Crippen MR) is 261 cm³/mol. The lowest BCUT2D eigenvalue weighted by Gasteiger charge is -2.30. The number of anilines is 3. The molecule has 0 bridgehead atoms. The molecule has 1 nitrogen and oxygen atoms in total. The molecule has 0 N–H and O–H groups in total. The minimum absolute atomic E-state index is 0.346. The number of hydrogen-bond donors (Lipinski definition) is 0. The van der Waals surface area contributed by atoms with Gasteiger partial charge < -0.3 is 4.90 Å². The Hall–Kier alpha value is -8.00. The lowest BCUT2D eigenvalue weighted by atomic mass is 9.70. The van der Waals surface area contributed by atoms with E-state index in [0.29, 0.717) is 0 Å². The Bertz CT molecular complexity index is 3530. The van der Waals surface area contributed by atoms with Crippen LogP contribution in [0.4, 0.5) is 17.1 Å². The van der Waals surface area contributed by atoms with Crippen LogP contribution in [-0.2, 0) is 5.41 Å². The smallest absolute Gasteiger partial charge is 0.0725 e. The maximum absolute atomic E-state index is 2.49. The van der Waals surface area contributed by atoms with Gasteiger partial charge in [0.25, 0.3) is 0 Å². The van der Waals surface area contributed by atoms with Crippen LogP contribution < -0.4 is 4.90 Å². The molecule has 0 unspecified atom stereocenters. The lowest BCUT2D eigenvalue weighted by molar-refractivity contribution is 0.794. The molecule has 1 heteroatoms. The number of hydrogen-bond acceptors (Lipinski definition) is 1. The number of fused-ring (bicyclic) bond motifs is 14. The summed E-state index contributed by atoms with van der Waals surface area (Å²) < 4.78 is 0. The average Bonchev–Trinajstić information content (AvgIpc) is 3.81. The van der Waals surface area contributed by atoms with Gasteiger partial charge in [0.2, 0.25) is 0 Å². The van der Waals surface area contributed by atoms with E-state index in [-0.39, 0.29) is 5.41 Å². The minimum Gasteiger partial charge on any atom is -0.309 e. The van der Waals surface area contributed by atoms with E-state index < -0.39 is 0 Å². The third kappa shape index (κ3) is 4.91. The van der Waals surface area contributed by atoms with Crippen LogP contribution in [0, 0.1) is 0 Å². The number of nitrogens with zero attached hydrogens (tertiary/aromatic N) is 1. The van der Waals surface area contributed by atoms with Crippen molar-refractivity contribution < 1.29 is 0 Å². The van der Waals surface area contributed by atoms with Crippen molar-refractivity contribution >= 4 is 49.4 Å². The Labute approximate surface area is 361 Å². The summed E-state index contributed by atoms with van der Waals surface area (Å²) in [5.74, 6) is 0. The molecule has 2 aliphatic rings. The molecule has 0 saturated heterocycles. The summed E-state index contributed by atoms with van der Waals surface area (Å²) in [5.41, 5.74) is 18.6. The molecule has 0 atom stereocenters. The van der Waals surface area contributed by atoms with Gasteiger partial charge in [-0.2, -0.15) is 0 Å². The molecule has 0 radical (unpaired) electrons. The average molecular weight is 786 g/mol. The van der Waals surface area contributed by atoms with E-state index in [0.717, 1.165) is 17.1 Å². The van der Waals surface area contributed by atoms with E-state index in [1.807, 2.05) is 0 Å². The molecule has 13 rings (SSSR count). The molecule has 11 aromatic carbocycles. The molecule has 0 aliphatic heterocycles. The van der Waals surface area contributed by atoms with Crippen LogP contribution in [0.1, 0.15) is 22.3 Å². The highest BCUT2D eigenvalue weighted by molar-refractivity contribution is 6.16. The summed E-state index contributed by atoms with van der Waals surface area (Å²) in [5, 5.41) is 7.38. The first kappa shape index (κ1) is 34.8. The maximum Gasteiger partial charge on any atom is 0.0725 e. The molecule has 0 amide bonds. The van der Waals surface area contributed by atoms with E-state index in [4.69, 9.17) is 0 Å². The molecule has 0 heterocycles. The van der Waals surface area contributed by atoms with Crippen molar-refractivity contribution in [3.63, 3.8) is 0 Å². The largest absolute Gasteiger partial charge is 0.309 e. The van der Waals surface area contributed by atoms with Crippen LogP contribution in [-0.4, -0.2) is 0 Å². The predicted octanol–water partition coefficient (Wildman–Crippen LogP) is 16.3. The fourth-order valence-electron chi connectivity index (χ4n) is 11.1. The number of benzene rings is 11. The molecule has 1 spiro atoms. The third-order valence-corrected chi connectivity index (χ3v) is 13.7. The first-order valence-corrected chi connectivity index (χ1v) is 21.6. The van der Waals surface area contributed by atoms with Crippen molar-refractivity contribution in [1.29, 1.82) is 0 Å². The highest BCUT2D eigenvalue weighted by atomic mass is 15.1. The molecule has 2 aliphatic carbocycles. The van der Waals surface area contributed by atoms with Crippen molar-refractivity contribution in [2.45, 2.75) is 5.41 Å². The Balaban J connectivity index is 1.01. The van der Waals surface area contributed by atoms with E-state index >= 15 is 0 Å². The summed E-state index contributed by atoms with van der Waals surface area (Å²) in [6, 6.07) is 87.8. The molecular weight excluding hydrogens is 747 g/mol. The molecular formula is C61H39N. The van der Waals surface area contributed by atoms with E-state index in [9.17, 15) is 0 Å². The summed E-state index contributed by atoms with van der Waals surface area (Å²) >= 11 is 0. The second-order valence-corrected chi connectivity index (χ2v) is 16.7. The maximum atomic E-state index is 2.49. The first-order valence-electron chi connectivity index (χ1n) is 21.6. The first-order chi connectivity index (χ1) is 30.8. The zero-order chi connectivity index (χ0) is 40.8. The third-order valence-electron chi connectivity index (χ3n) is 13.7. The summed E-state index contributed by atoms with van der Waals surface area (Å²) in [4.78, 5) is 2.49. The van der Waals surface area contributed by atoms with Gasteiger partial charge in [-0.3, -0.25) is 0 Å². The van der Waals surface area contributed by atoms with Crippen molar-refractivity contribution in [1.82, 2.24) is 0 Å². The SMILES string of the molecule is c1ccc(-c2c(N(c3ccc(-c4ccc5c(c4)-c4ccccc4C54c5ccccc5-c5ccccc54)cc3)c3cc4ccccc4c4ccccc34)ccc3ccccc23)cc1. The van der Waals surface area contributed by atoms with Gasteiger partial charge in [-0.05, 0) is 118 Å². The van der Waals surface area contributed by atoms with Gasteiger partial charge in [-0.1, -0.05) is 206 Å². The Morgan fingerprint density at radius 1 is 0.274 bits per heavy atom. The molecule has 288 valence electrons. The molecule has 0 fully saturated rings. The normalized spacial score (nSPS) is 13.0. The second-order valence-electron chi connectivity index (χ2n) is 16.7. The van der Waals surface area contributed by atoms with Crippen LogP contribution in [0.15, 0.2) is 237 Å². The van der Waals surface area contributed by atoms with Gasteiger partial charge in [-0.25, -0.2) is 0 Å². The van der Waals surface area contributed by atoms with Gasteiger partial charge in [-0.15, -0.1) is 0 Å². The molecule has 11 aromatic rings. The van der Waals surface area contributed by atoms with Crippen molar-refractivity contribution in [2.24, 2.45) is 0 Å². The zero-order valence-corrected chi connectivity index (χ0v) is 34.0. The van der Waals surface area contributed by atoms with Crippen molar-refractivity contribution in [3.8, 4) is 44.5 Å². The molecule has 62 heavy (non-hydrogen) atoms. The van der Waals surface area contributed by atoms with E-state index in [2.05, 4.69) is 241 Å². The van der Waals surface area contributed by atoms with Gasteiger partial charge in [0, 0.05) is 16.6 Å². The van der Waals surface area contributed by atoms with Crippen molar-refractivity contribution in [2.75, 3.05) is 4.90 Å². The van der Waals surface area contributed by atoms with Gasteiger partial charge in [0.15, 0.2) is 0 Å². The molecule has 0 aromatic heterocycles. The Morgan fingerprint density at radius 3 is 1.48 bits per heavy atom. The topological polar surface area (TPSA) is 3.24 Å². The van der Waals surface area contributed by atoms with Gasteiger partial charge >= 0.3 is 0 Å². The van der Waals surface area contributed by atoms with Crippen LogP contribution in [0.3, 0.4) is 0 Å². The Kier molecular flexibility index (Phi) is 7.59. The fourth-order valence-corrected chi connectivity index (χ4v) is 11.1. The van der Waals surface area contributed by atoms with Crippen LogP contribution in [0.5, 0.6) is 0 Å². The van der Waals surface area contributed by atoms with Gasteiger partial charge in [0.1, 0.15) is 0 Å². The van der Waals surface area contributed by atoms with E-state index in [1.165, 1.54) is 99.1 Å². The fraction of sp³-hybridized carbons (Fsp3) is 0.0164. The summed E-state index contributed by atoms with van der Waals surface area (Å²) in [6.45, 7) is 0. The van der Waals surface area contributed by atoms with Gasteiger partial charge in [0.05, 0.1) is 16.8 Å². The van der Waals surface area contributed by atoms with E-state index in [1.54, 1.807) is 0 Å². The standard InChI is InChI=1S/C61H39N/c1-2-17-42(18-3-1)60-47-21-7-4-16-41(47)33-37-58(60)62(59-39-44-19-5-6-20-46(44)48-22-8-9-26-52(48)59)45-34-30-40(31-35-45)43-32-36-57-53(38-43)51-25-12-15-29-56(51)61(57)54-27-13-10-23-49(54)50-24-11-14-28-55(50)61/h1-39H. The van der Waals surface area contributed by atoms with Crippen LogP contribution in [0.2, 0.25) is 0 Å². The van der Waals surface area contributed by atoms with Crippen LogP contribution in [0.25, 0.3) is 76.8 Å². The number of rotatable bonds is 5. The quantitative estimate of drug-likeness (QED) is 0.157. The zero-order valence-electron chi connectivity index (χ0n) is 34.0. The minimum atomic E-state index is -0.346. The highest BCUT2D eigenvalue weighted by Gasteiger charge is 2.51. The van der Waals surface area contributed by atoms with Crippen molar-refractivity contribution in [3.05, 3.63) is 259 Å². The summed E-state index contributed by atoms with van der Waals surface area (Å²) in [6.07, 6.45) is 0.